The lowest BCUT2D eigenvalue weighted by Crippen LogP contribution is -2.55. The van der Waals surface area contributed by atoms with Gasteiger partial charge in [-0.05, 0) is 69.3 Å². The molecular formula is C42H57N9O11S. The number of hydrogen-bond donors (Lipinski definition) is 3. The van der Waals surface area contributed by atoms with E-state index in [-0.39, 0.29) is 55.1 Å². The van der Waals surface area contributed by atoms with Crippen molar-refractivity contribution in [2.24, 2.45) is 16.1 Å². The number of unbranched alkanes of at least 4 members (excludes halogenated alkanes) is 1. The van der Waals surface area contributed by atoms with Crippen LogP contribution >= 0.6 is 11.8 Å². The smallest absolute Gasteiger partial charge is 0.338 e. The Morgan fingerprint density at radius 2 is 1.81 bits per heavy atom. The number of nitrogens with zero attached hydrogens (tertiary/aromatic N) is 6. The lowest BCUT2D eigenvalue weighted by molar-refractivity contribution is -0.164. The molecule has 7 heterocycles. The van der Waals surface area contributed by atoms with Gasteiger partial charge < -0.3 is 54.0 Å². The summed E-state index contributed by atoms with van der Waals surface area (Å²) in [5, 5.41) is 26.3. The van der Waals surface area contributed by atoms with Crippen LogP contribution in [-0.4, -0.2) is 157 Å². The van der Waals surface area contributed by atoms with Gasteiger partial charge in [0.2, 0.25) is 18.4 Å². The molecule has 1 aromatic carbocycles. The molecule has 6 aliphatic heterocycles. The van der Waals surface area contributed by atoms with Crippen molar-refractivity contribution in [1.82, 2.24) is 35.8 Å². The summed E-state index contributed by atoms with van der Waals surface area (Å²) in [5.41, 5.74) is 1.23. The van der Waals surface area contributed by atoms with Crippen molar-refractivity contribution in [2.75, 3.05) is 72.3 Å². The topological polar surface area (TPSA) is 228 Å². The summed E-state index contributed by atoms with van der Waals surface area (Å²) in [6.45, 7) is 4.55. The van der Waals surface area contributed by atoms with Gasteiger partial charge in [0.1, 0.15) is 12.2 Å². The van der Waals surface area contributed by atoms with Gasteiger partial charge >= 0.3 is 18.0 Å². The molecule has 63 heavy (non-hydrogen) atoms. The van der Waals surface area contributed by atoms with Crippen LogP contribution in [0.5, 0.6) is 11.5 Å². The molecule has 1 aromatic heterocycles. The molecule has 1 saturated carbocycles. The van der Waals surface area contributed by atoms with E-state index < -0.39 is 29.8 Å². The molecule has 0 unspecified atom stereocenters. The van der Waals surface area contributed by atoms with Gasteiger partial charge in [-0.2, -0.15) is 22.0 Å². The van der Waals surface area contributed by atoms with Crippen LogP contribution in [0.3, 0.4) is 0 Å². The SMILES string of the molecule is CN1CC[C@@H]2C[C@H](OC(=O)CC3(CCc4cn(CCOCCOCCOCCNC(=O)CCCC[C@@H]5SC[C@@H]6NC(=O)N[C@@H]65)nn4)N=N3)[C@H]3OC(=O)c4cc5c(cc4[C@H]3[C@@H]21)OCO5. The summed E-state index contributed by atoms with van der Waals surface area (Å²) in [6.07, 6.45) is 6.50. The van der Waals surface area contributed by atoms with Gasteiger partial charge in [0.15, 0.2) is 11.5 Å². The number of carbonyl (C=O) groups excluding carboxylic acids is 4. The van der Waals surface area contributed by atoms with E-state index in [0.717, 1.165) is 49.2 Å². The first kappa shape index (κ1) is 43.7. The van der Waals surface area contributed by atoms with Gasteiger partial charge in [-0.15, -0.1) is 5.10 Å². The Morgan fingerprint density at radius 1 is 1.02 bits per heavy atom. The van der Waals surface area contributed by atoms with Crippen LogP contribution in [0, 0.1) is 5.92 Å². The Labute approximate surface area is 369 Å². The number of aryl methyl sites for hydroxylation is 1. The number of rotatable bonds is 23. The second-order valence-corrected chi connectivity index (χ2v) is 18.6. The number of fused-ring (bicyclic) bond motifs is 7. The summed E-state index contributed by atoms with van der Waals surface area (Å²) in [6, 6.07) is 4.12. The normalized spacial score (nSPS) is 28.1. The predicted molar refractivity (Wildman–Crippen MR) is 224 cm³/mol. The molecule has 3 amide bonds. The average molecular weight is 896 g/mol. The zero-order chi connectivity index (χ0) is 43.3. The summed E-state index contributed by atoms with van der Waals surface area (Å²) < 4.78 is 42.0. The molecule has 0 spiro atoms. The minimum Gasteiger partial charge on any atom is -0.458 e. The van der Waals surface area contributed by atoms with E-state index in [0.29, 0.717) is 101 Å². The number of thioether (sulfide) groups is 1. The summed E-state index contributed by atoms with van der Waals surface area (Å²) in [4.78, 5) is 52.8. The van der Waals surface area contributed by atoms with Crippen molar-refractivity contribution in [1.29, 1.82) is 0 Å². The molecule has 1 aliphatic carbocycles. The van der Waals surface area contributed by atoms with Gasteiger partial charge in [0.05, 0.1) is 75.9 Å². The van der Waals surface area contributed by atoms with Crippen molar-refractivity contribution in [3.05, 3.63) is 35.2 Å². The minimum atomic E-state index is -0.862. The largest absolute Gasteiger partial charge is 0.458 e. The lowest BCUT2D eigenvalue weighted by atomic mass is 9.69. The van der Waals surface area contributed by atoms with Crippen LogP contribution in [0.2, 0.25) is 0 Å². The first-order chi connectivity index (χ1) is 30.7. The summed E-state index contributed by atoms with van der Waals surface area (Å²) in [5.74, 6) is 1.35. The fraction of sp³-hybridized carbons (Fsp3) is 0.714. The second-order valence-electron chi connectivity index (χ2n) is 17.4. The molecule has 21 heteroatoms. The van der Waals surface area contributed by atoms with Crippen LogP contribution in [-0.2, 0) is 46.2 Å². The Hall–Kier alpha value is -4.57. The highest BCUT2D eigenvalue weighted by Gasteiger charge is 2.56. The zero-order valence-electron chi connectivity index (χ0n) is 35.6. The first-order valence-corrected chi connectivity index (χ1v) is 23.3. The van der Waals surface area contributed by atoms with Gasteiger partial charge in [-0.25, -0.2) is 14.3 Å². The molecule has 3 saturated heterocycles. The van der Waals surface area contributed by atoms with E-state index in [1.54, 1.807) is 10.7 Å². The minimum absolute atomic E-state index is 0.00271. The van der Waals surface area contributed by atoms with E-state index in [2.05, 4.69) is 48.4 Å². The fourth-order valence-corrected chi connectivity index (χ4v) is 11.5. The monoisotopic (exact) mass is 895 g/mol. The molecule has 2 aromatic rings. The number of carbonyl (C=O) groups is 4. The van der Waals surface area contributed by atoms with E-state index in [9.17, 15) is 19.2 Å². The number of nitrogens with one attached hydrogen (secondary N) is 3. The number of benzene rings is 1. The summed E-state index contributed by atoms with van der Waals surface area (Å²) in [7, 11) is 2.10. The quantitative estimate of drug-likeness (QED) is 0.0827. The predicted octanol–water partition coefficient (Wildman–Crippen LogP) is 2.34. The molecule has 7 aliphatic rings. The highest BCUT2D eigenvalue weighted by Crippen LogP contribution is 2.51. The molecular weight excluding hydrogens is 839 g/mol. The fourth-order valence-electron chi connectivity index (χ4n) is 9.94. The Balaban J connectivity index is 0.609. The van der Waals surface area contributed by atoms with Crippen LogP contribution in [0.4, 0.5) is 4.79 Å². The molecule has 3 N–H and O–H groups in total. The number of hydrogen-bond acceptors (Lipinski definition) is 17. The van der Waals surface area contributed by atoms with E-state index in [1.807, 2.05) is 24.0 Å². The maximum Gasteiger partial charge on any atom is 0.338 e. The molecule has 9 rings (SSSR count). The van der Waals surface area contributed by atoms with E-state index in [1.165, 1.54) is 0 Å². The molecule has 0 radical (unpaired) electrons. The average Bonchev–Trinajstić information content (AvgIpc) is 3.83. The van der Waals surface area contributed by atoms with E-state index >= 15 is 0 Å². The number of likely N-dealkylation sites (N-methyl/N-ethyl adjacent to an activating group) is 1. The van der Waals surface area contributed by atoms with E-state index in [4.69, 9.17) is 33.2 Å². The molecule has 342 valence electrons. The van der Waals surface area contributed by atoms with Crippen LogP contribution in [0.1, 0.15) is 78.9 Å². The third-order valence-electron chi connectivity index (χ3n) is 13.2. The maximum absolute atomic E-state index is 13.5. The summed E-state index contributed by atoms with van der Waals surface area (Å²) >= 11 is 1.89. The van der Waals surface area contributed by atoms with Crippen LogP contribution < -0.4 is 25.4 Å². The van der Waals surface area contributed by atoms with Crippen LogP contribution in [0.25, 0.3) is 0 Å². The van der Waals surface area contributed by atoms with Gasteiger partial charge in [-0.1, -0.05) is 11.6 Å². The number of aromatic nitrogens is 3. The van der Waals surface area contributed by atoms with Crippen LogP contribution in [0.15, 0.2) is 28.6 Å². The van der Waals surface area contributed by atoms with Crippen molar-refractivity contribution in [2.45, 2.75) is 111 Å². The number of likely N-dealkylation sites (tertiary alicyclic amines) is 1. The van der Waals surface area contributed by atoms with Crippen molar-refractivity contribution >= 4 is 35.6 Å². The standard InChI is InChI=1S/C42H57N9O11S/c1-50-10-7-25-18-32(39-36(38(25)50)27-19-30-31(60-24-59-30)20-28(27)40(54)62-39)61-35(53)21-42(47-48-42)8-6-26-22-51(49-46-26)11-13-57-15-17-58-16-14-56-12-9-43-34(52)5-3-2-4-33-37-29(23-63-33)44-41(55)45-37/h19-20,22,25,29,32-33,36-39H,2-18,21,23-24H2,1H3,(H,43,52)(H2,44,45,55)/t25-,29+,32+,33+,36+,37+,38-,39-/m1/s1. The number of ether oxygens (including phenoxy) is 7. The molecule has 4 fully saturated rings. The Kier molecular flexibility index (Phi) is 13.6. The third-order valence-corrected chi connectivity index (χ3v) is 14.7. The van der Waals surface area contributed by atoms with Crippen molar-refractivity contribution < 1.29 is 52.3 Å². The maximum atomic E-state index is 13.5. The number of amides is 3. The van der Waals surface area contributed by atoms with Gasteiger partial charge in [-0.3, -0.25) is 9.59 Å². The highest BCUT2D eigenvalue weighted by molar-refractivity contribution is 8.00. The highest BCUT2D eigenvalue weighted by atomic mass is 32.2. The third kappa shape index (κ3) is 10.4. The molecule has 20 nitrogen and oxygen atoms in total. The van der Waals surface area contributed by atoms with Gasteiger partial charge in [0.25, 0.3) is 0 Å². The number of urea groups is 1. The Bertz CT molecular complexity index is 2020. The van der Waals surface area contributed by atoms with Crippen molar-refractivity contribution in [3.8, 4) is 11.5 Å². The number of esters is 2. The van der Waals surface area contributed by atoms with Crippen molar-refractivity contribution in [3.63, 3.8) is 0 Å². The Morgan fingerprint density at radius 3 is 2.63 bits per heavy atom. The lowest BCUT2D eigenvalue weighted by Gasteiger charge is -2.48. The zero-order valence-corrected chi connectivity index (χ0v) is 36.4. The first-order valence-electron chi connectivity index (χ1n) is 22.3. The second kappa shape index (κ2) is 19.7. The molecule has 0 bridgehead atoms. The molecule has 8 atom stereocenters. The van der Waals surface area contributed by atoms with Gasteiger partial charge in [0, 0.05) is 48.5 Å².